The number of rotatable bonds is 3. The van der Waals surface area contributed by atoms with Crippen molar-refractivity contribution in [2.75, 3.05) is 19.6 Å². The van der Waals surface area contributed by atoms with E-state index in [1.54, 1.807) is 0 Å². The molecule has 0 aromatic rings. The fourth-order valence-electron chi connectivity index (χ4n) is 3.51. The molecule has 21 heavy (non-hydrogen) atoms. The summed E-state index contributed by atoms with van der Waals surface area (Å²) in [7, 11) is 0. The van der Waals surface area contributed by atoms with Crippen molar-refractivity contribution < 1.29 is 14.4 Å². The van der Waals surface area contributed by atoms with E-state index in [9.17, 15) is 14.4 Å². The summed E-state index contributed by atoms with van der Waals surface area (Å²) in [4.78, 5) is 37.6. The summed E-state index contributed by atoms with van der Waals surface area (Å²) < 4.78 is 0. The van der Waals surface area contributed by atoms with Gasteiger partial charge in [-0.3, -0.25) is 14.5 Å². The Hall–Kier alpha value is -1.63. The molecule has 7 nitrogen and oxygen atoms in total. The highest BCUT2D eigenvalue weighted by atomic mass is 16.2. The summed E-state index contributed by atoms with van der Waals surface area (Å²) in [5.41, 5.74) is -0.746. The van der Waals surface area contributed by atoms with Gasteiger partial charge < -0.3 is 16.0 Å². The van der Waals surface area contributed by atoms with Crippen LogP contribution < -0.4 is 16.0 Å². The van der Waals surface area contributed by atoms with Crippen LogP contribution >= 0.6 is 0 Å². The molecule has 3 fully saturated rings. The van der Waals surface area contributed by atoms with Crippen LogP contribution in [-0.4, -0.2) is 54.0 Å². The average molecular weight is 294 g/mol. The number of carbonyl (C=O) groups excluding carboxylic acids is 3. The standard InChI is InChI=1S/C14H22N4O3/c19-11(16-10-4-7-15-8-10)9-18-12(20)14(17-13(18)21)5-2-1-3-6-14/h10,15H,1-9H2,(H,16,19)(H,17,21). The maximum Gasteiger partial charge on any atom is 0.325 e. The molecule has 7 heteroatoms. The van der Waals surface area contributed by atoms with E-state index in [2.05, 4.69) is 16.0 Å². The van der Waals surface area contributed by atoms with Crippen LogP contribution in [0.3, 0.4) is 0 Å². The van der Waals surface area contributed by atoms with E-state index in [0.717, 1.165) is 43.7 Å². The molecule has 1 aliphatic carbocycles. The largest absolute Gasteiger partial charge is 0.350 e. The summed E-state index contributed by atoms with van der Waals surface area (Å²) in [6.07, 6.45) is 5.24. The molecule has 1 saturated carbocycles. The average Bonchev–Trinajstić information content (AvgIpc) is 3.04. The number of hydrogen-bond acceptors (Lipinski definition) is 4. The number of nitrogens with one attached hydrogen (secondary N) is 3. The van der Waals surface area contributed by atoms with Crippen LogP contribution in [0.4, 0.5) is 4.79 Å². The van der Waals surface area contributed by atoms with Crippen LogP contribution in [0.25, 0.3) is 0 Å². The Kier molecular flexibility index (Phi) is 3.84. The number of amides is 4. The molecule has 116 valence electrons. The number of imide groups is 1. The lowest BCUT2D eigenvalue weighted by Gasteiger charge is -2.30. The van der Waals surface area contributed by atoms with Gasteiger partial charge in [-0.2, -0.15) is 0 Å². The zero-order chi connectivity index (χ0) is 14.9. The van der Waals surface area contributed by atoms with E-state index in [0.29, 0.717) is 12.8 Å². The molecule has 3 rings (SSSR count). The van der Waals surface area contributed by atoms with E-state index >= 15 is 0 Å². The van der Waals surface area contributed by atoms with Gasteiger partial charge in [-0.15, -0.1) is 0 Å². The van der Waals surface area contributed by atoms with Crippen LogP contribution in [0, 0.1) is 0 Å². The van der Waals surface area contributed by atoms with Crippen LogP contribution in [0.5, 0.6) is 0 Å². The highest BCUT2D eigenvalue weighted by molar-refractivity contribution is 6.09. The van der Waals surface area contributed by atoms with E-state index in [-0.39, 0.29) is 24.4 Å². The van der Waals surface area contributed by atoms with Gasteiger partial charge in [0.25, 0.3) is 5.91 Å². The summed E-state index contributed by atoms with van der Waals surface area (Å²) in [5.74, 6) is -0.494. The molecular formula is C14H22N4O3. The fourth-order valence-corrected chi connectivity index (χ4v) is 3.51. The zero-order valence-corrected chi connectivity index (χ0v) is 12.1. The van der Waals surface area contributed by atoms with Crippen molar-refractivity contribution in [2.45, 2.75) is 50.1 Å². The molecule has 1 atom stereocenters. The Bertz CT molecular complexity index is 453. The highest BCUT2D eigenvalue weighted by Crippen LogP contribution is 2.33. The Morgan fingerprint density at radius 3 is 2.71 bits per heavy atom. The third-order valence-electron chi connectivity index (χ3n) is 4.68. The summed E-state index contributed by atoms with van der Waals surface area (Å²) in [6.45, 7) is 1.45. The first-order valence-corrected chi connectivity index (χ1v) is 7.75. The molecule has 3 aliphatic rings. The van der Waals surface area contributed by atoms with E-state index in [1.807, 2.05) is 0 Å². The van der Waals surface area contributed by atoms with Crippen molar-refractivity contribution in [1.29, 1.82) is 0 Å². The first-order chi connectivity index (χ1) is 10.1. The molecule has 4 amide bonds. The lowest BCUT2D eigenvalue weighted by atomic mass is 9.82. The van der Waals surface area contributed by atoms with E-state index < -0.39 is 11.6 Å². The van der Waals surface area contributed by atoms with Crippen molar-refractivity contribution in [3.63, 3.8) is 0 Å². The van der Waals surface area contributed by atoms with Crippen molar-refractivity contribution in [3.8, 4) is 0 Å². The van der Waals surface area contributed by atoms with Crippen molar-refractivity contribution in [2.24, 2.45) is 0 Å². The molecule has 0 aromatic carbocycles. The minimum atomic E-state index is -0.746. The number of urea groups is 1. The van der Waals surface area contributed by atoms with Gasteiger partial charge in [0.05, 0.1) is 0 Å². The number of nitrogens with zero attached hydrogens (tertiary/aromatic N) is 1. The van der Waals surface area contributed by atoms with Crippen molar-refractivity contribution in [1.82, 2.24) is 20.9 Å². The number of hydrogen-bond donors (Lipinski definition) is 3. The molecule has 2 aliphatic heterocycles. The quantitative estimate of drug-likeness (QED) is 0.624. The SMILES string of the molecule is O=C(CN1C(=O)NC2(CCCCC2)C1=O)NC1CCNC1. The van der Waals surface area contributed by atoms with Gasteiger partial charge in [-0.25, -0.2) is 4.79 Å². The normalized spacial score (nSPS) is 28.0. The third-order valence-corrected chi connectivity index (χ3v) is 4.68. The summed E-state index contributed by atoms with van der Waals surface area (Å²) in [5, 5.41) is 8.84. The molecule has 2 saturated heterocycles. The lowest BCUT2D eigenvalue weighted by molar-refractivity contribution is -0.136. The molecule has 0 radical (unpaired) electrons. The van der Waals surface area contributed by atoms with Gasteiger partial charge in [0.1, 0.15) is 12.1 Å². The Morgan fingerprint density at radius 2 is 2.05 bits per heavy atom. The van der Waals surface area contributed by atoms with Crippen LogP contribution in [0.15, 0.2) is 0 Å². The zero-order valence-electron chi connectivity index (χ0n) is 12.1. The Morgan fingerprint density at radius 1 is 1.29 bits per heavy atom. The van der Waals surface area contributed by atoms with Crippen LogP contribution in [0.1, 0.15) is 38.5 Å². The molecule has 3 N–H and O–H groups in total. The predicted octanol–water partition coefficient (Wildman–Crippen LogP) is -0.281. The molecule has 0 bridgehead atoms. The molecule has 0 aromatic heterocycles. The topological polar surface area (TPSA) is 90.5 Å². The first kappa shape index (κ1) is 14.3. The van der Waals surface area contributed by atoms with Crippen LogP contribution in [-0.2, 0) is 9.59 Å². The maximum absolute atomic E-state index is 12.5. The molecule has 2 heterocycles. The Labute approximate surface area is 123 Å². The maximum atomic E-state index is 12.5. The van der Waals surface area contributed by atoms with Gasteiger partial charge in [-0.05, 0) is 25.8 Å². The molecule has 1 unspecified atom stereocenters. The van der Waals surface area contributed by atoms with Gasteiger partial charge >= 0.3 is 6.03 Å². The molecular weight excluding hydrogens is 272 g/mol. The highest BCUT2D eigenvalue weighted by Gasteiger charge is 2.51. The monoisotopic (exact) mass is 294 g/mol. The minimum absolute atomic E-state index is 0.0990. The smallest absolute Gasteiger partial charge is 0.325 e. The van der Waals surface area contributed by atoms with Crippen molar-refractivity contribution in [3.05, 3.63) is 0 Å². The second kappa shape index (κ2) is 5.63. The second-order valence-electron chi connectivity index (χ2n) is 6.22. The van der Waals surface area contributed by atoms with Crippen molar-refractivity contribution >= 4 is 17.8 Å². The van der Waals surface area contributed by atoms with E-state index in [4.69, 9.17) is 0 Å². The fraction of sp³-hybridized carbons (Fsp3) is 0.786. The lowest BCUT2D eigenvalue weighted by Crippen LogP contribution is -2.49. The van der Waals surface area contributed by atoms with Gasteiger partial charge in [0, 0.05) is 12.6 Å². The molecule has 1 spiro atoms. The predicted molar refractivity (Wildman–Crippen MR) is 75.5 cm³/mol. The van der Waals surface area contributed by atoms with Gasteiger partial charge in [-0.1, -0.05) is 19.3 Å². The first-order valence-electron chi connectivity index (χ1n) is 7.75. The van der Waals surface area contributed by atoms with Crippen LogP contribution in [0.2, 0.25) is 0 Å². The van der Waals surface area contributed by atoms with E-state index in [1.165, 1.54) is 0 Å². The Balaban J connectivity index is 1.61. The minimum Gasteiger partial charge on any atom is -0.350 e. The third kappa shape index (κ3) is 2.74. The van der Waals surface area contributed by atoms with Gasteiger partial charge in [0.2, 0.25) is 5.91 Å². The number of carbonyl (C=O) groups is 3. The summed E-state index contributed by atoms with van der Waals surface area (Å²) >= 11 is 0. The summed E-state index contributed by atoms with van der Waals surface area (Å²) in [6, 6.07) is -0.330. The second-order valence-corrected chi connectivity index (χ2v) is 6.22. The van der Waals surface area contributed by atoms with Gasteiger partial charge in [0.15, 0.2) is 0 Å².